The number of carboxylic acid groups (broad SMARTS) is 1. The van der Waals surface area contributed by atoms with Crippen LogP contribution in [-0.2, 0) is 14.8 Å². The number of carbonyl (C=O) groups is 2. The fraction of sp³-hybridized carbons (Fsp3) is 0.440. The van der Waals surface area contributed by atoms with Gasteiger partial charge in [-0.1, -0.05) is 13.0 Å². The Bertz CT molecular complexity index is 1200. The molecule has 1 fully saturated rings. The predicted octanol–water partition coefficient (Wildman–Crippen LogP) is 1.65. The number of aliphatic hydroxyl groups is 1. The van der Waals surface area contributed by atoms with E-state index >= 15 is 0 Å². The molecule has 0 bridgehead atoms. The molecule has 0 aromatic heterocycles. The number of piperidine rings is 1. The van der Waals surface area contributed by atoms with Gasteiger partial charge in [0.15, 0.2) is 0 Å². The molecule has 12 heteroatoms. The predicted molar refractivity (Wildman–Crippen MR) is 140 cm³/mol. The van der Waals surface area contributed by atoms with Gasteiger partial charge in [-0.15, -0.1) is 0 Å². The van der Waals surface area contributed by atoms with Crippen LogP contribution in [0.4, 0.5) is 11.4 Å². The van der Waals surface area contributed by atoms with Crippen molar-refractivity contribution >= 4 is 33.3 Å². The lowest BCUT2D eigenvalue weighted by Gasteiger charge is -2.34. The van der Waals surface area contributed by atoms with Gasteiger partial charge >= 0.3 is 5.97 Å². The highest BCUT2D eigenvalue weighted by atomic mass is 32.2. The van der Waals surface area contributed by atoms with Crippen molar-refractivity contribution in [2.24, 2.45) is 0 Å². The maximum atomic E-state index is 12.3. The summed E-state index contributed by atoms with van der Waals surface area (Å²) in [6, 6.07) is 10.6. The largest absolute Gasteiger partial charge is 0.506 e. The molecule has 37 heavy (non-hydrogen) atoms. The number of phenols is 1. The Balaban J connectivity index is 1.49. The monoisotopic (exact) mass is 534 g/mol. The minimum atomic E-state index is -3.57. The number of anilines is 2. The van der Waals surface area contributed by atoms with Crippen LogP contribution < -0.4 is 20.3 Å². The quantitative estimate of drug-likeness (QED) is 0.235. The molecule has 6 N–H and O–H groups in total. The van der Waals surface area contributed by atoms with Crippen LogP contribution in [0.1, 0.15) is 48.2 Å². The van der Waals surface area contributed by atoms with E-state index in [0.29, 0.717) is 17.5 Å². The van der Waals surface area contributed by atoms with Crippen molar-refractivity contribution in [3.05, 3.63) is 53.6 Å². The molecule has 0 aliphatic carbocycles. The molecule has 1 heterocycles. The molecule has 0 spiro atoms. The molecular weight excluding hydrogens is 500 g/mol. The van der Waals surface area contributed by atoms with Crippen molar-refractivity contribution in [2.45, 2.75) is 44.4 Å². The molecule has 2 aromatic carbocycles. The van der Waals surface area contributed by atoms with Gasteiger partial charge in [-0.2, -0.15) is 0 Å². The zero-order valence-electron chi connectivity index (χ0n) is 20.8. The summed E-state index contributed by atoms with van der Waals surface area (Å²) in [4.78, 5) is 25.7. The van der Waals surface area contributed by atoms with E-state index in [0.717, 1.165) is 37.9 Å². The first-order valence-electron chi connectivity index (χ1n) is 12.1. The molecule has 1 unspecified atom stereocenters. The molecule has 3 rings (SSSR count). The number of carbonyl (C=O) groups excluding carboxylic acids is 1. The number of carboxylic acids is 1. The van der Waals surface area contributed by atoms with E-state index in [1.54, 1.807) is 25.1 Å². The number of rotatable bonds is 11. The lowest BCUT2D eigenvalue weighted by atomic mass is 10.0. The number of nitrogens with one attached hydrogen (secondary N) is 3. The van der Waals surface area contributed by atoms with Gasteiger partial charge in [0.2, 0.25) is 10.0 Å². The highest BCUT2D eigenvalue weighted by Crippen LogP contribution is 2.28. The Morgan fingerprint density at radius 1 is 1.11 bits per heavy atom. The molecule has 202 valence electrons. The number of nitrogens with zero attached hydrogens (tertiary/aromatic N) is 1. The molecular formula is C25H34N4O7S. The third-order valence-corrected chi connectivity index (χ3v) is 6.89. The number of sulfonamides is 1. The number of hydrogen-bond acceptors (Lipinski definition) is 8. The number of hydrogen-bond donors (Lipinski definition) is 6. The molecule has 0 saturated carbocycles. The van der Waals surface area contributed by atoms with Crippen molar-refractivity contribution in [3.8, 4) is 5.75 Å². The van der Waals surface area contributed by atoms with Gasteiger partial charge in [0.25, 0.3) is 5.91 Å². The van der Waals surface area contributed by atoms with E-state index in [1.807, 2.05) is 12.1 Å². The lowest BCUT2D eigenvalue weighted by Crippen LogP contribution is -2.43. The molecule has 1 amide bonds. The first-order valence-corrected chi connectivity index (χ1v) is 14.0. The summed E-state index contributed by atoms with van der Waals surface area (Å²) >= 11 is 0. The van der Waals surface area contributed by atoms with Gasteiger partial charge in [0.1, 0.15) is 11.8 Å². The molecule has 0 radical (unpaired) electrons. The van der Waals surface area contributed by atoms with E-state index in [2.05, 4.69) is 20.3 Å². The normalized spacial score (nSPS) is 16.1. The van der Waals surface area contributed by atoms with Gasteiger partial charge < -0.3 is 30.9 Å². The summed E-state index contributed by atoms with van der Waals surface area (Å²) in [5.74, 6) is -1.70. The van der Waals surface area contributed by atoms with Crippen LogP contribution in [0.3, 0.4) is 0 Å². The zero-order chi connectivity index (χ0) is 27.2. The highest BCUT2D eigenvalue weighted by Gasteiger charge is 2.22. The number of benzene rings is 2. The van der Waals surface area contributed by atoms with Crippen molar-refractivity contribution < 1.29 is 33.3 Å². The molecule has 11 nitrogen and oxygen atoms in total. The van der Waals surface area contributed by atoms with Gasteiger partial charge in [0.05, 0.1) is 18.0 Å². The number of aliphatic hydroxyl groups excluding tert-OH is 1. The van der Waals surface area contributed by atoms with E-state index in [-0.39, 0.29) is 24.0 Å². The van der Waals surface area contributed by atoms with Gasteiger partial charge in [-0.25, -0.2) is 13.2 Å². The van der Waals surface area contributed by atoms with Gasteiger partial charge in [-0.05, 0) is 61.2 Å². The summed E-state index contributed by atoms with van der Waals surface area (Å²) in [5, 5.41) is 35.4. The number of aromatic hydroxyl groups is 1. The molecule has 2 atom stereocenters. The first kappa shape index (κ1) is 28.2. The van der Waals surface area contributed by atoms with E-state index in [9.17, 15) is 28.2 Å². The molecule has 1 aliphatic heterocycles. The second-order valence-corrected chi connectivity index (χ2v) is 10.9. The van der Waals surface area contributed by atoms with Crippen LogP contribution in [0.15, 0.2) is 42.5 Å². The first-order chi connectivity index (χ1) is 17.5. The van der Waals surface area contributed by atoms with Crippen LogP contribution in [0.25, 0.3) is 0 Å². The van der Waals surface area contributed by atoms with Gasteiger partial charge in [-0.3, -0.25) is 9.52 Å². The second kappa shape index (κ2) is 12.3. The fourth-order valence-corrected chi connectivity index (χ4v) is 4.75. The number of amides is 1. The van der Waals surface area contributed by atoms with E-state index in [1.165, 1.54) is 12.1 Å². The lowest BCUT2D eigenvalue weighted by molar-refractivity contribution is -0.139. The number of aliphatic carboxylic acids is 1. The minimum absolute atomic E-state index is 0.0166. The van der Waals surface area contributed by atoms with Crippen LogP contribution in [0.2, 0.25) is 0 Å². The molecule has 1 aliphatic rings. The summed E-state index contributed by atoms with van der Waals surface area (Å²) in [6.45, 7) is 3.52. The van der Waals surface area contributed by atoms with Crippen LogP contribution >= 0.6 is 0 Å². The summed E-state index contributed by atoms with van der Waals surface area (Å²) in [6.07, 6.45) is 2.07. The van der Waals surface area contributed by atoms with E-state index in [4.69, 9.17) is 5.11 Å². The Morgan fingerprint density at radius 2 is 1.76 bits per heavy atom. The minimum Gasteiger partial charge on any atom is -0.506 e. The Morgan fingerprint density at radius 3 is 2.32 bits per heavy atom. The van der Waals surface area contributed by atoms with Crippen LogP contribution in [0, 0.1) is 0 Å². The van der Waals surface area contributed by atoms with Crippen molar-refractivity contribution in [3.63, 3.8) is 0 Å². The fourth-order valence-electron chi connectivity index (χ4n) is 4.18. The smallest absolute Gasteiger partial charge is 0.326 e. The van der Waals surface area contributed by atoms with Crippen molar-refractivity contribution in [1.82, 2.24) is 10.6 Å². The maximum Gasteiger partial charge on any atom is 0.326 e. The third-order valence-electron chi connectivity index (χ3n) is 6.30. The second-order valence-electron chi connectivity index (χ2n) is 9.16. The Labute approximate surface area is 216 Å². The summed E-state index contributed by atoms with van der Waals surface area (Å²) in [5.41, 5.74) is 1.86. The highest BCUT2D eigenvalue weighted by molar-refractivity contribution is 7.92. The Hall–Kier alpha value is -3.35. The average molecular weight is 535 g/mol. The molecule has 2 aromatic rings. The molecule has 1 saturated heterocycles. The topological polar surface area (TPSA) is 168 Å². The van der Waals surface area contributed by atoms with Crippen LogP contribution in [-0.4, -0.2) is 73.6 Å². The summed E-state index contributed by atoms with van der Waals surface area (Å²) in [7, 11) is -3.57. The van der Waals surface area contributed by atoms with Crippen molar-refractivity contribution in [2.75, 3.05) is 35.5 Å². The van der Waals surface area contributed by atoms with Gasteiger partial charge in [0, 0.05) is 36.9 Å². The standard InChI is InChI=1S/C25H34N4O7S/c1-3-20(25(33)34)27-24(32)16-4-7-19(8-5-16)29-12-10-18(11-13-29)26-15-23(31)17-6-9-22(30)21(14-17)28-37(2,35)36/h4-9,14,18,20,23,26,28,30-31H,3,10-13,15H2,1-2H3,(H,27,32)(H,33,34)/t20?,23-/m1/s1. The summed E-state index contributed by atoms with van der Waals surface area (Å²) < 4.78 is 25.2. The van der Waals surface area contributed by atoms with Crippen LogP contribution in [0.5, 0.6) is 5.75 Å². The SMILES string of the molecule is CCC(NC(=O)c1ccc(N2CCC(NC[C@@H](O)c3ccc(O)c(NS(C)(=O)=O)c3)CC2)cc1)C(=O)O. The third kappa shape index (κ3) is 8.07. The van der Waals surface area contributed by atoms with Crippen molar-refractivity contribution in [1.29, 1.82) is 0 Å². The number of phenolic OH excluding ortho intramolecular Hbond substituents is 1. The maximum absolute atomic E-state index is 12.3. The Kier molecular flexibility index (Phi) is 9.35. The average Bonchev–Trinajstić information content (AvgIpc) is 2.86. The van der Waals surface area contributed by atoms with E-state index < -0.39 is 34.0 Å². The zero-order valence-corrected chi connectivity index (χ0v) is 21.7.